The van der Waals surface area contributed by atoms with Crippen LogP contribution in [0.3, 0.4) is 0 Å². The van der Waals surface area contributed by atoms with Crippen molar-refractivity contribution in [1.29, 1.82) is 0 Å². The number of hydrogen-bond acceptors (Lipinski definition) is 6. The number of aromatic nitrogens is 7. The predicted molar refractivity (Wildman–Crippen MR) is 152 cm³/mol. The van der Waals surface area contributed by atoms with E-state index < -0.39 is 5.97 Å². The zero-order chi connectivity index (χ0) is 27.8. The fourth-order valence-corrected chi connectivity index (χ4v) is 4.86. The minimum Gasteiger partial charge on any atom is -0.454 e. The van der Waals surface area contributed by atoms with E-state index in [4.69, 9.17) is 4.74 Å². The van der Waals surface area contributed by atoms with E-state index in [1.54, 1.807) is 15.6 Å². The standard InChI is InChI=1S/C31H29N7O2/c1-20-9-7-13-27(22(20)3)37-17-25(32-34-37)16-36-29-12-6-5-11-24(29)15-30(36)31(39)40-19-26-18-38(35-33-26)28-14-8-10-21(2)23(28)4/h5-15,17-18H,16,19H2,1-4H3. The highest BCUT2D eigenvalue weighted by Crippen LogP contribution is 2.23. The Labute approximate surface area is 231 Å². The number of esters is 1. The van der Waals surface area contributed by atoms with E-state index in [2.05, 4.69) is 53.5 Å². The van der Waals surface area contributed by atoms with E-state index >= 15 is 0 Å². The molecule has 40 heavy (non-hydrogen) atoms. The number of aryl methyl sites for hydroxylation is 2. The molecule has 0 N–H and O–H groups in total. The van der Waals surface area contributed by atoms with Crippen LogP contribution in [0.4, 0.5) is 0 Å². The van der Waals surface area contributed by atoms with Gasteiger partial charge < -0.3 is 9.30 Å². The van der Waals surface area contributed by atoms with Crippen LogP contribution < -0.4 is 0 Å². The molecule has 9 nitrogen and oxygen atoms in total. The van der Waals surface area contributed by atoms with Gasteiger partial charge in [-0.05, 0) is 74.2 Å². The molecule has 0 saturated carbocycles. The quantitative estimate of drug-likeness (QED) is 0.255. The maximum Gasteiger partial charge on any atom is 0.355 e. The van der Waals surface area contributed by atoms with E-state index in [0.717, 1.165) is 39.1 Å². The summed E-state index contributed by atoms with van der Waals surface area (Å²) in [6.45, 7) is 8.62. The third kappa shape index (κ3) is 4.66. The Balaban J connectivity index is 1.24. The highest BCUT2D eigenvalue weighted by atomic mass is 16.5. The number of ether oxygens (including phenoxy) is 1. The Morgan fingerprint density at radius 3 is 2.02 bits per heavy atom. The molecule has 200 valence electrons. The highest BCUT2D eigenvalue weighted by molar-refractivity contribution is 5.95. The lowest BCUT2D eigenvalue weighted by molar-refractivity contribution is 0.0456. The molecule has 0 amide bonds. The van der Waals surface area contributed by atoms with Gasteiger partial charge in [0.2, 0.25) is 0 Å². The molecular formula is C31H29N7O2. The van der Waals surface area contributed by atoms with Crippen molar-refractivity contribution < 1.29 is 9.53 Å². The van der Waals surface area contributed by atoms with Crippen LogP contribution >= 0.6 is 0 Å². The molecule has 0 spiro atoms. The lowest BCUT2D eigenvalue weighted by Crippen LogP contribution is -2.13. The lowest BCUT2D eigenvalue weighted by Gasteiger charge is -2.09. The summed E-state index contributed by atoms with van der Waals surface area (Å²) in [6.07, 6.45) is 3.69. The summed E-state index contributed by atoms with van der Waals surface area (Å²) in [5.41, 5.74) is 9.18. The fourth-order valence-electron chi connectivity index (χ4n) is 4.86. The Hall–Kier alpha value is -5.05. The van der Waals surface area contributed by atoms with E-state index in [1.165, 1.54) is 11.1 Å². The first-order chi connectivity index (χ1) is 19.4. The number of rotatable bonds is 7. The van der Waals surface area contributed by atoms with Gasteiger partial charge in [0.1, 0.15) is 23.7 Å². The van der Waals surface area contributed by atoms with Crippen molar-refractivity contribution in [3.8, 4) is 11.4 Å². The Morgan fingerprint density at radius 1 is 0.750 bits per heavy atom. The minimum absolute atomic E-state index is 0.00798. The average molecular weight is 532 g/mol. The first-order valence-corrected chi connectivity index (χ1v) is 13.1. The smallest absolute Gasteiger partial charge is 0.355 e. The molecule has 0 aliphatic rings. The van der Waals surface area contributed by atoms with Crippen LogP contribution in [0.25, 0.3) is 22.3 Å². The van der Waals surface area contributed by atoms with E-state index in [9.17, 15) is 4.79 Å². The van der Waals surface area contributed by atoms with Gasteiger partial charge in [0, 0.05) is 10.9 Å². The van der Waals surface area contributed by atoms with Gasteiger partial charge in [0.25, 0.3) is 0 Å². The van der Waals surface area contributed by atoms with Crippen molar-refractivity contribution >= 4 is 16.9 Å². The van der Waals surface area contributed by atoms with Gasteiger partial charge >= 0.3 is 5.97 Å². The Kier molecular flexibility index (Phi) is 6.47. The molecule has 6 aromatic rings. The van der Waals surface area contributed by atoms with E-state index in [0.29, 0.717) is 17.9 Å². The first-order valence-electron chi connectivity index (χ1n) is 13.1. The molecule has 0 unspecified atom stereocenters. The molecule has 3 aromatic carbocycles. The summed E-state index contributed by atoms with van der Waals surface area (Å²) >= 11 is 0. The minimum atomic E-state index is -0.445. The number of para-hydroxylation sites is 1. The van der Waals surface area contributed by atoms with Gasteiger partial charge in [-0.25, -0.2) is 14.2 Å². The molecule has 3 aromatic heterocycles. The molecular weight excluding hydrogens is 502 g/mol. The summed E-state index contributed by atoms with van der Waals surface area (Å²) in [5, 5.41) is 18.2. The van der Waals surface area contributed by atoms with Gasteiger partial charge in [-0.1, -0.05) is 52.9 Å². The second kappa shape index (κ2) is 10.3. The normalized spacial score (nSPS) is 11.3. The van der Waals surface area contributed by atoms with Gasteiger partial charge in [-0.15, -0.1) is 10.2 Å². The van der Waals surface area contributed by atoms with Crippen LogP contribution in [0, 0.1) is 27.7 Å². The number of hydrogen-bond donors (Lipinski definition) is 0. The van der Waals surface area contributed by atoms with E-state index in [-0.39, 0.29) is 6.61 Å². The van der Waals surface area contributed by atoms with Gasteiger partial charge in [-0.2, -0.15) is 0 Å². The largest absolute Gasteiger partial charge is 0.454 e. The van der Waals surface area contributed by atoms with Gasteiger partial charge in [0.05, 0.1) is 30.3 Å². The molecule has 0 aliphatic heterocycles. The first kappa shape index (κ1) is 25.2. The molecule has 0 aliphatic carbocycles. The zero-order valence-corrected chi connectivity index (χ0v) is 22.9. The summed E-state index contributed by atoms with van der Waals surface area (Å²) in [4.78, 5) is 13.3. The van der Waals surface area contributed by atoms with Crippen LogP contribution in [0.5, 0.6) is 0 Å². The summed E-state index contributed by atoms with van der Waals surface area (Å²) in [7, 11) is 0. The molecule has 6 rings (SSSR count). The monoisotopic (exact) mass is 531 g/mol. The van der Waals surface area contributed by atoms with Crippen LogP contribution in [-0.4, -0.2) is 40.5 Å². The molecule has 0 atom stereocenters. The number of fused-ring (bicyclic) bond motifs is 1. The number of carbonyl (C=O) groups excluding carboxylic acids is 1. The van der Waals surface area contributed by atoms with Crippen molar-refractivity contribution in [3.63, 3.8) is 0 Å². The molecule has 9 heteroatoms. The lowest BCUT2D eigenvalue weighted by atomic mass is 10.1. The topological polar surface area (TPSA) is 92.7 Å². The molecule has 0 fully saturated rings. The SMILES string of the molecule is Cc1cccc(-n2cc(COC(=O)c3cc4ccccc4n3Cc3cn(-c4cccc(C)c4C)nn3)nn2)c1C. The van der Waals surface area contributed by atoms with Crippen LogP contribution in [0.15, 0.2) is 79.1 Å². The number of benzene rings is 3. The zero-order valence-electron chi connectivity index (χ0n) is 22.9. The second-order valence-corrected chi connectivity index (χ2v) is 10.00. The fraction of sp³-hybridized carbons (Fsp3) is 0.194. The summed E-state index contributed by atoms with van der Waals surface area (Å²) in [5.74, 6) is -0.445. The molecule has 0 radical (unpaired) electrons. The molecule has 0 saturated heterocycles. The average Bonchev–Trinajstić information content (AvgIpc) is 3.70. The Morgan fingerprint density at radius 2 is 1.35 bits per heavy atom. The van der Waals surface area contributed by atoms with Crippen molar-refractivity contribution in [2.45, 2.75) is 40.8 Å². The maximum atomic E-state index is 13.3. The van der Waals surface area contributed by atoms with Crippen LogP contribution in [-0.2, 0) is 17.9 Å². The third-order valence-corrected chi connectivity index (χ3v) is 7.42. The van der Waals surface area contributed by atoms with Crippen molar-refractivity contribution in [3.05, 3.63) is 118 Å². The predicted octanol–water partition coefficient (Wildman–Crippen LogP) is 5.44. The molecule has 0 bridgehead atoms. The maximum absolute atomic E-state index is 13.3. The number of nitrogens with zero attached hydrogens (tertiary/aromatic N) is 7. The van der Waals surface area contributed by atoms with Crippen molar-refractivity contribution in [2.24, 2.45) is 0 Å². The third-order valence-electron chi connectivity index (χ3n) is 7.42. The molecule has 3 heterocycles. The van der Waals surface area contributed by atoms with Crippen LogP contribution in [0.1, 0.15) is 44.1 Å². The Bertz CT molecular complexity index is 1860. The summed E-state index contributed by atoms with van der Waals surface area (Å²) < 4.78 is 11.1. The van der Waals surface area contributed by atoms with Crippen molar-refractivity contribution in [1.82, 2.24) is 34.6 Å². The van der Waals surface area contributed by atoms with Gasteiger partial charge in [0.15, 0.2) is 0 Å². The van der Waals surface area contributed by atoms with Gasteiger partial charge in [-0.3, -0.25) is 0 Å². The number of carbonyl (C=O) groups is 1. The van der Waals surface area contributed by atoms with Crippen molar-refractivity contribution in [2.75, 3.05) is 0 Å². The highest BCUT2D eigenvalue weighted by Gasteiger charge is 2.19. The summed E-state index contributed by atoms with van der Waals surface area (Å²) in [6, 6.07) is 21.8. The van der Waals surface area contributed by atoms with Crippen LogP contribution in [0.2, 0.25) is 0 Å². The van der Waals surface area contributed by atoms with E-state index in [1.807, 2.05) is 72.3 Å². The second-order valence-electron chi connectivity index (χ2n) is 10.00.